The maximum atomic E-state index is 9.35. The summed E-state index contributed by atoms with van der Waals surface area (Å²) in [5.41, 5.74) is 10.1. The van der Waals surface area contributed by atoms with Gasteiger partial charge in [-0.25, -0.2) is 0 Å². The van der Waals surface area contributed by atoms with Gasteiger partial charge in [-0.15, -0.1) is 0 Å². The second kappa shape index (κ2) is 8.39. The van der Waals surface area contributed by atoms with Crippen LogP contribution in [0.2, 0.25) is 0 Å². The second-order valence-corrected chi connectivity index (χ2v) is 8.40. The molecule has 162 valence electrons. The topological polar surface area (TPSA) is 72.8 Å². The molecule has 1 aromatic carbocycles. The lowest BCUT2D eigenvalue weighted by molar-refractivity contribution is 0.855. The van der Waals surface area contributed by atoms with Crippen LogP contribution in [0.4, 0.5) is 11.4 Å². The maximum Gasteiger partial charge on any atom is 0.0994 e. The zero-order valence-corrected chi connectivity index (χ0v) is 19.0. The zero-order chi connectivity index (χ0) is 22.9. The molecule has 1 fully saturated rings. The van der Waals surface area contributed by atoms with Gasteiger partial charge in [0.25, 0.3) is 0 Å². The van der Waals surface area contributed by atoms with Gasteiger partial charge >= 0.3 is 0 Å². The van der Waals surface area contributed by atoms with Gasteiger partial charge < -0.3 is 16.0 Å². The first-order chi connectivity index (χ1) is 15.4. The number of allylic oxidation sites excluding steroid dienone is 4. The van der Waals surface area contributed by atoms with Crippen molar-refractivity contribution in [3.63, 3.8) is 0 Å². The molecule has 2 aliphatic rings. The molecular formula is C27H29N5. The van der Waals surface area contributed by atoms with Crippen LogP contribution in [0, 0.1) is 11.3 Å². The zero-order valence-electron chi connectivity index (χ0n) is 19.0. The Kier molecular flexibility index (Phi) is 5.63. The third-order valence-electron chi connectivity index (χ3n) is 6.28. The van der Waals surface area contributed by atoms with Gasteiger partial charge in [0.2, 0.25) is 0 Å². The Hall–Kier alpha value is -3.78. The minimum absolute atomic E-state index is 0.365. The average Bonchev–Trinajstić information content (AvgIpc) is 3.50. The van der Waals surface area contributed by atoms with E-state index in [0.717, 1.165) is 59.0 Å². The van der Waals surface area contributed by atoms with Crippen molar-refractivity contribution in [2.75, 3.05) is 17.7 Å². The molecule has 0 atom stereocenters. The van der Waals surface area contributed by atoms with Gasteiger partial charge in [0.1, 0.15) is 0 Å². The van der Waals surface area contributed by atoms with Gasteiger partial charge in [0.05, 0.1) is 29.1 Å². The number of rotatable bonds is 7. The van der Waals surface area contributed by atoms with Crippen LogP contribution in [0.15, 0.2) is 67.0 Å². The molecule has 0 unspecified atom stereocenters. The van der Waals surface area contributed by atoms with Crippen LogP contribution in [0.3, 0.4) is 0 Å². The van der Waals surface area contributed by atoms with Gasteiger partial charge in [-0.05, 0) is 73.2 Å². The lowest BCUT2D eigenvalue weighted by Gasteiger charge is -2.16. The lowest BCUT2D eigenvalue weighted by Crippen LogP contribution is -2.06. The number of nitriles is 1. The van der Waals surface area contributed by atoms with Crippen molar-refractivity contribution < 1.29 is 0 Å². The van der Waals surface area contributed by atoms with Crippen LogP contribution in [-0.2, 0) is 12.0 Å². The van der Waals surface area contributed by atoms with Crippen LogP contribution in [0.25, 0.3) is 11.3 Å². The monoisotopic (exact) mass is 423 g/mol. The van der Waals surface area contributed by atoms with Gasteiger partial charge in [-0.1, -0.05) is 25.3 Å². The van der Waals surface area contributed by atoms with E-state index in [1.807, 2.05) is 19.2 Å². The SMILES string of the molecule is C=C(/C=C(C)\C(=C/C)c1ccc(NC)c2c1CNC2=C)Nc1ccc(C2(C#N)CC2)nc1. The molecule has 5 nitrogen and oxygen atoms in total. The second-order valence-electron chi connectivity index (χ2n) is 8.40. The number of nitrogens with one attached hydrogen (secondary N) is 3. The smallest absolute Gasteiger partial charge is 0.0994 e. The molecule has 0 spiro atoms. The molecule has 5 heteroatoms. The van der Waals surface area contributed by atoms with Crippen molar-refractivity contribution >= 4 is 22.6 Å². The number of hydrogen-bond donors (Lipinski definition) is 3. The van der Waals surface area contributed by atoms with Crippen molar-refractivity contribution in [3.8, 4) is 6.07 Å². The van der Waals surface area contributed by atoms with E-state index in [4.69, 9.17) is 0 Å². The molecule has 1 aromatic heterocycles. The number of fused-ring (bicyclic) bond motifs is 1. The summed E-state index contributed by atoms with van der Waals surface area (Å²) in [5.74, 6) is 0. The number of benzene rings is 1. The number of hydrogen-bond acceptors (Lipinski definition) is 5. The Morgan fingerprint density at radius 2 is 2.06 bits per heavy atom. The number of nitrogens with zero attached hydrogens (tertiary/aromatic N) is 2. The fourth-order valence-electron chi connectivity index (χ4n) is 4.38. The first-order valence-electron chi connectivity index (χ1n) is 10.9. The van der Waals surface area contributed by atoms with E-state index in [-0.39, 0.29) is 5.41 Å². The first kappa shape index (κ1) is 21.5. The van der Waals surface area contributed by atoms with Crippen LogP contribution < -0.4 is 16.0 Å². The molecule has 32 heavy (non-hydrogen) atoms. The van der Waals surface area contributed by atoms with Crippen molar-refractivity contribution in [3.05, 3.63) is 89.4 Å². The third-order valence-corrected chi connectivity index (χ3v) is 6.28. The normalized spacial score (nSPS) is 16.6. The Morgan fingerprint density at radius 3 is 2.66 bits per heavy atom. The molecule has 4 rings (SSSR count). The van der Waals surface area contributed by atoms with E-state index < -0.39 is 0 Å². The number of aromatic nitrogens is 1. The van der Waals surface area contributed by atoms with E-state index in [1.54, 1.807) is 6.20 Å². The van der Waals surface area contributed by atoms with Crippen LogP contribution in [-0.4, -0.2) is 12.0 Å². The van der Waals surface area contributed by atoms with Crippen LogP contribution in [0.5, 0.6) is 0 Å². The third kappa shape index (κ3) is 3.80. The van der Waals surface area contributed by atoms with Crippen molar-refractivity contribution in [1.29, 1.82) is 5.26 Å². The molecule has 2 aromatic rings. The van der Waals surface area contributed by atoms with E-state index in [0.29, 0.717) is 0 Å². The van der Waals surface area contributed by atoms with Crippen LogP contribution in [0.1, 0.15) is 49.1 Å². The lowest BCUT2D eigenvalue weighted by atomic mass is 9.91. The molecule has 1 aliphatic carbocycles. The van der Waals surface area contributed by atoms with Gasteiger partial charge in [-0.2, -0.15) is 5.26 Å². The van der Waals surface area contributed by atoms with E-state index >= 15 is 0 Å². The molecule has 0 amide bonds. The summed E-state index contributed by atoms with van der Waals surface area (Å²) in [6.07, 6.45) is 7.76. The summed E-state index contributed by atoms with van der Waals surface area (Å²) >= 11 is 0. The standard InChI is InChI=1S/C27H29N5/c1-6-21(22-8-9-24(29-5)26-19(4)30-15-23(22)26)17(2)13-18(3)32-20-7-10-25(31-14-20)27(16-28)11-12-27/h6-10,13-14,29-30,32H,3-4,11-12,15H2,1-2,5H3/b17-13-,21-6+. The summed E-state index contributed by atoms with van der Waals surface area (Å²) in [4.78, 5) is 4.50. The largest absolute Gasteiger partial charge is 0.388 e. The number of pyridine rings is 1. The fraction of sp³-hybridized carbons (Fsp3) is 0.259. The molecule has 0 bridgehead atoms. The highest BCUT2D eigenvalue weighted by molar-refractivity contribution is 5.89. The summed E-state index contributed by atoms with van der Waals surface area (Å²) in [6, 6.07) is 10.6. The van der Waals surface area contributed by atoms with Crippen molar-refractivity contribution in [2.24, 2.45) is 0 Å². The summed E-state index contributed by atoms with van der Waals surface area (Å²) in [5, 5.41) is 19.3. The molecule has 3 N–H and O–H groups in total. The molecule has 0 radical (unpaired) electrons. The predicted molar refractivity (Wildman–Crippen MR) is 133 cm³/mol. The van der Waals surface area contributed by atoms with E-state index in [2.05, 4.69) is 78.3 Å². The van der Waals surface area contributed by atoms with Gasteiger partial charge in [-0.3, -0.25) is 4.98 Å². The minimum atomic E-state index is -0.365. The maximum absolute atomic E-state index is 9.35. The van der Waals surface area contributed by atoms with E-state index in [9.17, 15) is 5.26 Å². The quantitative estimate of drug-likeness (QED) is 0.496. The Balaban J connectivity index is 1.54. The minimum Gasteiger partial charge on any atom is -0.388 e. The number of anilines is 2. The highest BCUT2D eigenvalue weighted by atomic mass is 14.9. The molecule has 0 saturated heterocycles. The predicted octanol–water partition coefficient (Wildman–Crippen LogP) is 5.73. The highest BCUT2D eigenvalue weighted by Gasteiger charge is 2.46. The van der Waals surface area contributed by atoms with Crippen molar-refractivity contribution in [2.45, 2.75) is 38.6 Å². The van der Waals surface area contributed by atoms with E-state index in [1.165, 1.54) is 16.7 Å². The highest BCUT2D eigenvalue weighted by Crippen LogP contribution is 2.46. The molecule has 1 aliphatic heterocycles. The van der Waals surface area contributed by atoms with Gasteiger partial charge in [0.15, 0.2) is 0 Å². The molecule has 2 heterocycles. The molecular weight excluding hydrogens is 394 g/mol. The summed E-state index contributed by atoms with van der Waals surface area (Å²) in [6.45, 7) is 13.3. The first-order valence-corrected chi connectivity index (χ1v) is 10.9. The Labute approximate surface area is 190 Å². The fourth-order valence-corrected chi connectivity index (χ4v) is 4.38. The summed E-state index contributed by atoms with van der Waals surface area (Å²) in [7, 11) is 1.93. The van der Waals surface area contributed by atoms with Gasteiger partial charge in [0, 0.05) is 36.2 Å². The van der Waals surface area contributed by atoms with Crippen molar-refractivity contribution in [1.82, 2.24) is 10.3 Å². The average molecular weight is 424 g/mol. The Morgan fingerprint density at radius 1 is 1.28 bits per heavy atom. The molecule has 1 saturated carbocycles. The Bertz CT molecular complexity index is 1190. The van der Waals surface area contributed by atoms with Crippen LogP contribution >= 0.6 is 0 Å². The summed E-state index contributed by atoms with van der Waals surface area (Å²) < 4.78 is 0.